The highest BCUT2D eigenvalue weighted by Gasteiger charge is 2.34. The predicted octanol–water partition coefficient (Wildman–Crippen LogP) is 2.64. The third kappa shape index (κ3) is 5.03. The average molecular weight is 425 g/mol. The molecular formula is C23H27N3O5. The maximum Gasteiger partial charge on any atom is 0.407 e. The Balaban J connectivity index is 1.76. The number of anilines is 1. The molecule has 1 aliphatic heterocycles. The van der Waals surface area contributed by atoms with E-state index in [4.69, 9.17) is 9.47 Å². The largest absolute Gasteiger partial charge is 0.436 e. The fourth-order valence-electron chi connectivity index (χ4n) is 3.50. The van der Waals surface area contributed by atoms with E-state index in [1.807, 2.05) is 48.5 Å². The number of amides is 3. The van der Waals surface area contributed by atoms with Gasteiger partial charge in [0.15, 0.2) is 6.10 Å². The summed E-state index contributed by atoms with van der Waals surface area (Å²) in [6.45, 7) is 2.35. The molecular weight excluding hydrogens is 398 g/mol. The Morgan fingerprint density at radius 3 is 2.52 bits per heavy atom. The second-order valence-electron chi connectivity index (χ2n) is 7.26. The maximum atomic E-state index is 13.2. The molecule has 0 spiro atoms. The number of rotatable bonds is 7. The van der Waals surface area contributed by atoms with Crippen LogP contribution < -0.4 is 15.5 Å². The van der Waals surface area contributed by atoms with Gasteiger partial charge in [-0.3, -0.25) is 9.59 Å². The number of methoxy groups -OCH3 is 1. The number of carbonyl (C=O) groups excluding carboxylic acids is 3. The molecule has 0 radical (unpaired) electrons. The smallest absolute Gasteiger partial charge is 0.407 e. The van der Waals surface area contributed by atoms with E-state index >= 15 is 0 Å². The van der Waals surface area contributed by atoms with Crippen molar-refractivity contribution in [2.24, 2.45) is 0 Å². The number of benzene rings is 2. The highest BCUT2D eigenvalue weighted by Crippen LogP contribution is 2.39. The van der Waals surface area contributed by atoms with E-state index in [9.17, 15) is 14.4 Å². The van der Waals surface area contributed by atoms with Crippen molar-refractivity contribution in [3.63, 3.8) is 0 Å². The average Bonchev–Trinajstić information content (AvgIpc) is 2.86. The summed E-state index contributed by atoms with van der Waals surface area (Å²) in [7, 11) is 3.26. The molecule has 2 aromatic rings. The molecule has 31 heavy (non-hydrogen) atoms. The van der Waals surface area contributed by atoms with E-state index in [1.165, 1.54) is 11.8 Å². The molecule has 3 amide bonds. The Morgan fingerprint density at radius 1 is 1.10 bits per heavy atom. The molecule has 0 aromatic heterocycles. The standard InChI is InChI=1S/C23H27N3O5/c1-15(31-23(29)24-13-8-14-30-3)21(27)25-20-18-11-5-4-9-16(18)17-10-6-7-12-19(17)26(2)22(20)28/h4-7,9-12,15,20H,8,13-14H2,1-3H3,(H,24,29)(H,25,27)/t15-,20-/m0/s1. The van der Waals surface area contributed by atoms with Crippen LogP contribution in [0.2, 0.25) is 0 Å². The van der Waals surface area contributed by atoms with E-state index in [1.54, 1.807) is 14.2 Å². The van der Waals surface area contributed by atoms with E-state index in [2.05, 4.69) is 10.6 Å². The molecule has 2 aromatic carbocycles. The second kappa shape index (κ2) is 10.1. The number of fused-ring (bicyclic) bond motifs is 3. The minimum absolute atomic E-state index is 0.276. The van der Waals surface area contributed by atoms with Crippen molar-refractivity contribution in [3.05, 3.63) is 54.1 Å². The van der Waals surface area contributed by atoms with Gasteiger partial charge in [-0.1, -0.05) is 42.5 Å². The van der Waals surface area contributed by atoms with E-state index < -0.39 is 24.1 Å². The van der Waals surface area contributed by atoms with Gasteiger partial charge in [-0.25, -0.2) is 4.79 Å². The lowest BCUT2D eigenvalue weighted by Gasteiger charge is -2.24. The fraction of sp³-hybridized carbons (Fsp3) is 0.348. The van der Waals surface area contributed by atoms with Crippen molar-refractivity contribution in [2.45, 2.75) is 25.5 Å². The highest BCUT2D eigenvalue weighted by atomic mass is 16.6. The van der Waals surface area contributed by atoms with Gasteiger partial charge in [0.1, 0.15) is 6.04 Å². The summed E-state index contributed by atoms with van der Waals surface area (Å²) in [6.07, 6.45) is -1.14. The number of hydrogen-bond acceptors (Lipinski definition) is 5. The lowest BCUT2D eigenvalue weighted by atomic mass is 9.95. The van der Waals surface area contributed by atoms with Gasteiger partial charge < -0.3 is 25.0 Å². The quantitative estimate of drug-likeness (QED) is 0.665. The van der Waals surface area contributed by atoms with Gasteiger partial charge in [-0.05, 0) is 30.5 Å². The van der Waals surface area contributed by atoms with Crippen LogP contribution in [0, 0.1) is 0 Å². The molecule has 8 heteroatoms. The SMILES string of the molecule is COCCCNC(=O)O[C@@H](C)C(=O)N[C@@H]1C(=O)N(C)c2ccccc2-c2ccccc21. The molecule has 2 atom stereocenters. The normalized spacial score (nSPS) is 15.9. The fourth-order valence-corrected chi connectivity index (χ4v) is 3.50. The Kier molecular flexibility index (Phi) is 7.25. The summed E-state index contributed by atoms with van der Waals surface area (Å²) in [6, 6.07) is 14.2. The first-order valence-electron chi connectivity index (χ1n) is 10.1. The number of nitrogens with one attached hydrogen (secondary N) is 2. The van der Waals surface area contributed by atoms with Crippen molar-refractivity contribution in [1.29, 1.82) is 0 Å². The van der Waals surface area contributed by atoms with Crippen molar-refractivity contribution in [1.82, 2.24) is 10.6 Å². The second-order valence-corrected chi connectivity index (χ2v) is 7.26. The van der Waals surface area contributed by atoms with Gasteiger partial charge >= 0.3 is 6.09 Å². The number of carbonyl (C=O) groups is 3. The van der Waals surface area contributed by atoms with E-state index in [0.717, 1.165) is 16.8 Å². The van der Waals surface area contributed by atoms with E-state index in [0.29, 0.717) is 25.1 Å². The van der Waals surface area contributed by atoms with Crippen LogP contribution in [0.3, 0.4) is 0 Å². The lowest BCUT2D eigenvalue weighted by Crippen LogP contribution is -2.45. The number of ether oxygens (including phenoxy) is 2. The van der Waals surface area contributed by atoms with Gasteiger partial charge in [0.2, 0.25) is 0 Å². The minimum atomic E-state index is -1.07. The molecule has 0 unspecified atom stereocenters. The number of likely N-dealkylation sites (N-methyl/N-ethyl adjacent to an activating group) is 1. The molecule has 0 saturated heterocycles. The molecule has 1 aliphatic rings. The first kappa shape index (κ1) is 22.3. The highest BCUT2D eigenvalue weighted by molar-refractivity contribution is 6.06. The Bertz CT molecular complexity index is 962. The molecule has 8 nitrogen and oxygen atoms in total. The molecule has 0 saturated carbocycles. The molecule has 0 bridgehead atoms. The summed E-state index contributed by atoms with van der Waals surface area (Å²) < 4.78 is 10.1. The Hall–Kier alpha value is -3.39. The first-order chi connectivity index (χ1) is 14.9. The predicted molar refractivity (Wildman–Crippen MR) is 117 cm³/mol. The number of nitrogens with zero attached hydrogens (tertiary/aromatic N) is 1. The minimum Gasteiger partial charge on any atom is -0.436 e. The summed E-state index contributed by atoms with van der Waals surface area (Å²) in [5.41, 5.74) is 3.22. The van der Waals surface area contributed by atoms with Crippen molar-refractivity contribution in [2.75, 3.05) is 32.2 Å². The van der Waals surface area contributed by atoms with Gasteiger partial charge in [0.25, 0.3) is 11.8 Å². The Morgan fingerprint density at radius 2 is 1.77 bits per heavy atom. The summed E-state index contributed by atoms with van der Waals surface area (Å²) in [5.74, 6) is -0.832. The monoisotopic (exact) mass is 425 g/mol. The topological polar surface area (TPSA) is 97.0 Å². The summed E-state index contributed by atoms with van der Waals surface area (Å²) >= 11 is 0. The number of para-hydroxylation sites is 1. The Labute approximate surface area is 181 Å². The van der Waals surface area contributed by atoms with Crippen LogP contribution in [-0.4, -0.2) is 51.3 Å². The van der Waals surface area contributed by atoms with Crippen LogP contribution in [-0.2, 0) is 19.1 Å². The van der Waals surface area contributed by atoms with Crippen LogP contribution in [0.4, 0.5) is 10.5 Å². The molecule has 0 aliphatic carbocycles. The zero-order chi connectivity index (χ0) is 22.4. The first-order valence-corrected chi connectivity index (χ1v) is 10.1. The van der Waals surface area contributed by atoms with Crippen molar-refractivity contribution >= 4 is 23.6 Å². The van der Waals surface area contributed by atoms with Crippen LogP contribution in [0.1, 0.15) is 24.9 Å². The molecule has 164 valence electrons. The van der Waals surface area contributed by atoms with Gasteiger partial charge in [-0.2, -0.15) is 0 Å². The summed E-state index contributed by atoms with van der Waals surface area (Å²) in [4.78, 5) is 39.4. The number of alkyl carbamates (subject to hydrolysis) is 1. The maximum absolute atomic E-state index is 13.2. The van der Waals surface area contributed by atoms with Crippen LogP contribution in [0.15, 0.2) is 48.5 Å². The number of hydrogen-bond donors (Lipinski definition) is 2. The van der Waals surface area contributed by atoms with Gasteiger partial charge in [0, 0.05) is 32.9 Å². The van der Waals surface area contributed by atoms with Crippen LogP contribution in [0.5, 0.6) is 0 Å². The third-order valence-corrected chi connectivity index (χ3v) is 5.14. The molecule has 1 heterocycles. The van der Waals surface area contributed by atoms with Crippen molar-refractivity contribution in [3.8, 4) is 11.1 Å². The van der Waals surface area contributed by atoms with Crippen molar-refractivity contribution < 1.29 is 23.9 Å². The third-order valence-electron chi connectivity index (χ3n) is 5.14. The molecule has 0 fully saturated rings. The van der Waals surface area contributed by atoms with Gasteiger partial charge in [-0.15, -0.1) is 0 Å². The van der Waals surface area contributed by atoms with E-state index in [-0.39, 0.29) is 5.91 Å². The lowest BCUT2D eigenvalue weighted by molar-refractivity contribution is -0.132. The van der Waals surface area contributed by atoms with Gasteiger partial charge in [0.05, 0.1) is 5.69 Å². The zero-order valence-electron chi connectivity index (χ0n) is 17.9. The zero-order valence-corrected chi connectivity index (χ0v) is 17.9. The van der Waals surface area contributed by atoms with Crippen LogP contribution >= 0.6 is 0 Å². The summed E-state index contributed by atoms with van der Waals surface area (Å²) in [5, 5.41) is 5.32. The molecule has 3 rings (SSSR count). The van der Waals surface area contributed by atoms with Crippen LogP contribution in [0.25, 0.3) is 11.1 Å². The molecule has 2 N–H and O–H groups in total.